The van der Waals surface area contributed by atoms with Gasteiger partial charge in [-0.25, -0.2) is 14.6 Å². The highest BCUT2D eigenvalue weighted by Gasteiger charge is 2.07. The summed E-state index contributed by atoms with van der Waals surface area (Å²) in [5.41, 5.74) is 3.99. The Kier molecular flexibility index (Phi) is 7.55. The third-order valence-corrected chi connectivity index (χ3v) is 4.20. The first kappa shape index (κ1) is 21.9. The first-order chi connectivity index (χ1) is 13.0. The molecular weight excluding hydrogens is 469 g/mol. The van der Waals surface area contributed by atoms with Crippen LogP contribution in [0.15, 0.2) is 33.8 Å². The Morgan fingerprint density at radius 3 is 2.43 bits per heavy atom. The van der Waals surface area contributed by atoms with Crippen molar-refractivity contribution in [1.82, 2.24) is 30.4 Å². The summed E-state index contributed by atoms with van der Waals surface area (Å²) in [6.07, 6.45) is 1.84. The number of oxazole rings is 1. The van der Waals surface area contributed by atoms with E-state index in [9.17, 15) is 0 Å². The smallest absolute Gasteiger partial charge is 0.214 e. The van der Waals surface area contributed by atoms with Crippen LogP contribution in [0.4, 0.5) is 0 Å². The molecule has 28 heavy (non-hydrogen) atoms. The van der Waals surface area contributed by atoms with Crippen molar-refractivity contribution in [2.75, 3.05) is 7.05 Å². The molecule has 150 valence electrons. The molecule has 0 atom stereocenters. The van der Waals surface area contributed by atoms with Crippen LogP contribution < -0.4 is 10.6 Å². The number of nitrogens with one attached hydrogen (secondary N) is 2. The van der Waals surface area contributed by atoms with Crippen LogP contribution in [0.5, 0.6) is 0 Å². The highest BCUT2D eigenvalue weighted by molar-refractivity contribution is 14.0. The van der Waals surface area contributed by atoms with E-state index in [0.29, 0.717) is 24.9 Å². The minimum Gasteiger partial charge on any atom is -0.444 e. The van der Waals surface area contributed by atoms with Crippen LogP contribution in [0, 0.1) is 27.7 Å². The number of pyridine rings is 1. The van der Waals surface area contributed by atoms with E-state index in [1.165, 1.54) is 0 Å². The average molecular weight is 495 g/mol. The van der Waals surface area contributed by atoms with Crippen LogP contribution in [0.25, 0.3) is 5.82 Å². The Hall–Kier alpha value is -2.43. The van der Waals surface area contributed by atoms with Crippen molar-refractivity contribution in [3.8, 4) is 5.82 Å². The zero-order valence-electron chi connectivity index (χ0n) is 16.8. The standard InChI is InChI=1S/C19H25N7O.HI/c1-12-8-13(2)26(25-12)17-7-6-16(9-21-17)10-22-19(20-5)23-11-18-24-14(3)15(4)27-18;/h6-9H,10-11H2,1-5H3,(H2,20,22,23);1H. The average Bonchev–Trinajstić information content (AvgIpc) is 3.16. The molecule has 0 aliphatic heterocycles. The molecule has 8 nitrogen and oxygen atoms in total. The highest BCUT2D eigenvalue weighted by atomic mass is 127. The molecule has 0 saturated carbocycles. The van der Waals surface area contributed by atoms with Crippen LogP contribution in [0.1, 0.15) is 34.3 Å². The van der Waals surface area contributed by atoms with Gasteiger partial charge in [-0.2, -0.15) is 5.10 Å². The Bertz CT molecular complexity index is 924. The summed E-state index contributed by atoms with van der Waals surface area (Å²) in [4.78, 5) is 13.1. The second-order valence-corrected chi connectivity index (χ2v) is 6.39. The van der Waals surface area contributed by atoms with Gasteiger partial charge in [0, 0.05) is 25.5 Å². The Labute approximate surface area is 181 Å². The van der Waals surface area contributed by atoms with Crippen molar-refractivity contribution in [2.24, 2.45) is 4.99 Å². The fourth-order valence-electron chi connectivity index (χ4n) is 2.69. The van der Waals surface area contributed by atoms with Crippen molar-refractivity contribution in [1.29, 1.82) is 0 Å². The van der Waals surface area contributed by atoms with E-state index in [2.05, 4.69) is 30.7 Å². The Balaban J connectivity index is 0.00000280. The number of nitrogens with zero attached hydrogens (tertiary/aromatic N) is 5. The zero-order valence-corrected chi connectivity index (χ0v) is 19.1. The molecule has 3 heterocycles. The summed E-state index contributed by atoms with van der Waals surface area (Å²) < 4.78 is 7.40. The molecule has 0 aromatic carbocycles. The molecule has 0 radical (unpaired) electrons. The summed E-state index contributed by atoms with van der Waals surface area (Å²) in [7, 11) is 1.73. The number of aliphatic imine (C=N–C) groups is 1. The lowest BCUT2D eigenvalue weighted by Crippen LogP contribution is -2.36. The number of guanidine groups is 1. The minimum absolute atomic E-state index is 0. The van der Waals surface area contributed by atoms with Crippen molar-refractivity contribution >= 4 is 29.9 Å². The third-order valence-electron chi connectivity index (χ3n) is 4.20. The van der Waals surface area contributed by atoms with E-state index in [1.54, 1.807) is 7.05 Å². The second-order valence-electron chi connectivity index (χ2n) is 6.39. The molecule has 3 rings (SSSR count). The van der Waals surface area contributed by atoms with Crippen LogP contribution in [0.2, 0.25) is 0 Å². The molecule has 3 aromatic heterocycles. The van der Waals surface area contributed by atoms with Crippen LogP contribution in [-0.4, -0.2) is 32.8 Å². The van der Waals surface area contributed by atoms with E-state index < -0.39 is 0 Å². The van der Waals surface area contributed by atoms with Gasteiger partial charge in [0.1, 0.15) is 5.76 Å². The first-order valence-electron chi connectivity index (χ1n) is 8.82. The fourth-order valence-corrected chi connectivity index (χ4v) is 2.69. The van der Waals surface area contributed by atoms with Gasteiger partial charge < -0.3 is 15.1 Å². The molecule has 0 aliphatic rings. The molecule has 9 heteroatoms. The molecule has 3 aromatic rings. The van der Waals surface area contributed by atoms with Gasteiger partial charge >= 0.3 is 0 Å². The monoisotopic (exact) mass is 495 g/mol. The SMILES string of the molecule is CN=C(NCc1ccc(-n2nc(C)cc2C)nc1)NCc1nc(C)c(C)o1.I. The van der Waals surface area contributed by atoms with Gasteiger partial charge in [-0.3, -0.25) is 4.99 Å². The largest absolute Gasteiger partial charge is 0.444 e. The summed E-state index contributed by atoms with van der Waals surface area (Å²) in [6, 6.07) is 6.02. The summed E-state index contributed by atoms with van der Waals surface area (Å²) in [6.45, 7) is 8.90. The molecule has 0 aliphatic carbocycles. The molecule has 0 unspecified atom stereocenters. The minimum atomic E-state index is 0. The zero-order chi connectivity index (χ0) is 19.4. The van der Waals surface area contributed by atoms with Crippen molar-refractivity contribution < 1.29 is 4.42 Å². The Morgan fingerprint density at radius 2 is 1.89 bits per heavy atom. The Morgan fingerprint density at radius 1 is 1.14 bits per heavy atom. The van der Waals surface area contributed by atoms with Crippen LogP contribution >= 0.6 is 24.0 Å². The number of aryl methyl sites for hydroxylation is 4. The summed E-state index contributed by atoms with van der Waals surface area (Å²) >= 11 is 0. The molecular formula is C19H26IN7O. The lowest BCUT2D eigenvalue weighted by atomic mass is 10.3. The van der Waals surface area contributed by atoms with Gasteiger partial charge in [0.15, 0.2) is 11.8 Å². The highest BCUT2D eigenvalue weighted by Crippen LogP contribution is 2.10. The van der Waals surface area contributed by atoms with Gasteiger partial charge in [-0.1, -0.05) is 6.07 Å². The summed E-state index contributed by atoms with van der Waals surface area (Å²) in [5, 5.41) is 10.9. The van der Waals surface area contributed by atoms with Gasteiger partial charge in [-0.15, -0.1) is 24.0 Å². The molecule has 0 spiro atoms. The lowest BCUT2D eigenvalue weighted by molar-refractivity contribution is 0.463. The maximum Gasteiger partial charge on any atom is 0.214 e. The van der Waals surface area contributed by atoms with E-state index in [4.69, 9.17) is 4.42 Å². The van der Waals surface area contributed by atoms with Crippen molar-refractivity contribution in [2.45, 2.75) is 40.8 Å². The van der Waals surface area contributed by atoms with E-state index >= 15 is 0 Å². The van der Waals surface area contributed by atoms with Gasteiger partial charge in [0.2, 0.25) is 5.89 Å². The number of aromatic nitrogens is 4. The maximum absolute atomic E-state index is 5.56. The predicted molar refractivity (Wildman–Crippen MR) is 119 cm³/mol. The van der Waals surface area contributed by atoms with Gasteiger partial charge in [-0.05, 0) is 45.4 Å². The van der Waals surface area contributed by atoms with Crippen LogP contribution in [-0.2, 0) is 13.1 Å². The number of hydrogen-bond acceptors (Lipinski definition) is 5. The van der Waals surface area contributed by atoms with E-state index in [0.717, 1.165) is 34.2 Å². The molecule has 0 fully saturated rings. The molecule has 0 amide bonds. The predicted octanol–water partition coefficient (Wildman–Crippen LogP) is 2.97. The molecule has 0 bridgehead atoms. The number of halogens is 1. The summed E-state index contributed by atoms with van der Waals surface area (Å²) in [5.74, 6) is 2.96. The third kappa shape index (κ3) is 5.31. The van der Waals surface area contributed by atoms with E-state index in [-0.39, 0.29) is 24.0 Å². The number of hydrogen-bond donors (Lipinski definition) is 2. The van der Waals surface area contributed by atoms with Crippen LogP contribution in [0.3, 0.4) is 0 Å². The maximum atomic E-state index is 5.56. The number of rotatable bonds is 5. The van der Waals surface area contributed by atoms with Crippen molar-refractivity contribution in [3.05, 3.63) is 58.7 Å². The topological polar surface area (TPSA) is 93.2 Å². The van der Waals surface area contributed by atoms with E-state index in [1.807, 2.05) is 56.8 Å². The van der Waals surface area contributed by atoms with Gasteiger partial charge in [0.25, 0.3) is 0 Å². The fraction of sp³-hybridized carbons (Fsp3) is 0.368. The molecule has 2 N–H and O–H groups in total. The normalized spacial score (nSPS) is 11.2. The van der Waals surface area contributed by atoms with Gasteiger partial charge in [0.05, 0.1) is 17.9 Å². The lowest BCUT2D eigenvalue weighted by Gasteiger charge is -2.11. The van der Waals surface area contributed by atoms with Crippen molar-refractivity contribution in [3.63, 3.8) is 0 Å². The molecule has 0 saturated heterocycles. The quantitative estimate of drug-likeness (QED) is 0.321. The first-order valence-corrected chi connectivity index (χ1v) is 8.82. The second kappa shape index (κ2) is 9.67.